The molecule has 0 radical (unpaired) electrons. The van der Waals surface area contributed by atoms with Gasteiger partial charge in [-0.2, -0.15) is 0 Å². The summed E-state index contributed by atoms with van der Waals surface area (Å²) in [6, 6.07) is 2.05. The van der Waals surface area contributed by atoms with Gasteiger partial charge in [0.15, 0.2) is 0 Å². The summed E-state index contributed by atoms with van der Waals surface area (Å²) in [7, 11) is 0. The van der Waals surface area contributed by atoms with Gasteiger partial charge in [0.05, 0.1) is 0 Å². The molecule has 2 unspecified atom stereocenters. The topological polar surface area (TPSA) is 37.8 Å². The number of nitrogens with one attached hydrogen (secondary N) is 1. The highest BCUT2D eigenvalue weighted by Crippen LogP contribution is 2.27. The molecule has 1 aliphatic carbocycles. The van der Waals surface area contributed by atoms with Crippen molar-refractivity contribution in [3.8, 4) is 0 Å². The molecule has 0 aliphatic heterocycles. The summed E-state index contributed by atoms with van der Waals surface area (Å²) in [6.45, 7) is 5.26. The maximum absolute atomic E-state index is 6.21. The zero-order valence-electron chi connectivity index (χ0n) is 11.2. The highest BCUT2D eigenvalue weighted by atomic mass is 35.5. The molecule has 0 aromatic carbocycles. The van der Waals surface area contributed by atoms with Gasteiger partial charge in [-0.05, 0) is 31.1 Å². The van der Waals surface area contributed by atoms with Crippen molar-refractivity contribution in [3.63, 3.8) is 0 Å². The number of halogens is 1. The predicted molar refractivity (Wildman–Crippen MR) is 76.2 cm³/mol. The van der Waals surface area contributed by atoms with E-state index in [0.717, 1.165) is 24.5 Å². The molecule has 0 bridgehead atoms. The van der Waals surface area contributed by atoms with E-state index in [1.54, 1.807) is 6.33 Å². The Labute approximate surface area is 114 Å². The van der Waals surface area contributed by atoms with Crippen molar-refractivity contribution in [1.29, 1.82) is 0 Å². The van der Waals surface area contributed by atoms with Gasteiger partial charge in [0.1, 0.15) is 12.1 Å². The third-order valence-corrected chi connectivity index (χ3v) is 3.97. The van der Waals surface area contributed by atoms with E-state index in [2.05, 4.69) is 29.1 Å². The third kappa shape index (κ3) is 3.84. The minimum atomic E-state index is 0.363. The van der Waals surface area contributed by atoms with Crippen molar-refractivity contribution in [1.82, 2.24) is 9.97 Å². The Morgan fingerprint density at radius 2 is 2.22 bits per heavy atom. The van der Waals surface area contributed by atoms with E-state index in [9.17, 15) is 0 Å². The molecule has 18 heavy (non-hydrogen) atoms. The monoisotopic (exact) mass is 267 g/mol. The van der Waals surface area contributed by atoms with Crippen LogP contribution in [0.5, 0.6) is 0 Å². The second-order valence-corrected chi connectivity index (χ2v) is 6.11. The summed E-state index contributed by atoms with van der Waals surface area (Å²) >= 11 is 6.21. The quantitative estimate of drug-likeness (QED) is 0.843. The molecule has 2 rings (SSSR count). The number of rotatable bonds is 4. The summed E-state index contributed by atoms with van der Waals surface area (Å²) in [5.74, 6) is 2.06. The van der Waals surface area contributed by atoms with E-state index in [1.165, 1.54) is 19.3 Å². The first-order chi connectivity index (χ1) is 8.65. The molecule has 3 nitrogen and oxygen atoms in total. The maximum Gasteiger partial charge on any atom is 0.129 e. The van der Waals surface area contributed by atoms with Crippen LogP contribution in [0.2, 0.25) is 0 Å². The van der Waals surface area contributed by atoms with Crippen molar-refractivity contribution >= 4 is 17.4 Å². The van der Waals surface area contributed by atoms with Gasteiger partial charge in [0.2, 0.25) is 0 Å². The largest absolute Gasteiger partial charge is 0.370 e. The molecule has 1 saturated carbocycles. The Hall–Kier alpha value is -0.830. The van der Waals surface area contributed by atoms with Crippen LogP contribution in [0, 0.1) is 5.92 Å². The average molecular weight is 268 g/mol. The first kappa shape index (κ1) is 13.6. The lowest BCUT2D eigenvalue weighted by Gasteiger charge is -2.25. The predicted octanol–water partition coefficient (Wildman–Crippen LogP) is 3.81. The number of nitrogens with zero attached hydrogens (tertiary/aromatic N) is 2. The summed E-state index contributed by atoms with van der Waals surface area (Å²) < 4.78 is 0. The van der Waals surface area contributed by atoms with Gasteiger partial charge in [0.25, 0.3) is 0 Å². The lowest BCUT2D eigenvalue weighted by molar-refractivity contribution is 0.378. The van der Waals surface area contributed by atoms with E-state index in [0.29, 0.717) is 17.2 Å². The summed E-state index contributed by atoms with van der Waals surface area (Å²) in [6.07, 6.45) is 6.46. The van der Waals surface area contributed by atoms with E-state index >= 15 is 0 Å². The first-order valence-electron chi connectivity index (χ1n) is 6.85. The summed E-state index contributed by atoms with van der Waals surface area (Å²) in [4.78, 5) is 8.54. The highest BCUT2D eigenvalue weighted by Gasteiger charge is 2.20. The van der Waals surface area contributed by atoms with Crippen molar-refractivity contribution in [2.45, 2.75) is 50.8 Å². The number of hydrogen-bond donors (Lipinski definition) is 1. The van der Waals surface area contributed by atoms with Crippen LogP contribution in [-0.4, -0.2) is 21.9 Å². The zero-order chi connectivity index (χ0) is 13.0. The van der Waals surface area contributed by atoms with Gasteiger partial charge >= 0.3 is 0 Å². The van der Waals surface area contributed by atoms with Crippen LogP contribution in [0.4, 0.5) is 5.82 Å². The second-order valence-electron chi connectivity index (χ2n) is 5.49. The Balaban J connectivity index is 1.87. The molecule has 1 aromatic heterocycles. The molecule has 0 amide bonds. The molecule has 0 spiro atoms. The maximum atomic E-state index is 6.21. The Bertz CT molecular complexity index is 381. The molecule has 4 heteroatoms. The van der Waals surface area contributed by atoms with E-state index in [1.807, 2.05) is 6.07 Å². The number of hydrogen-bond acceptors (Lipinski definition) is 3. The fraction of sp³-hybridized carbons (Fsp3) is 0.714. The fourth-order valence-corrected chi connectivity index (χ4v) is 2.85. The normalized spacial score (nSPS) is 24.2. The second kappa shape index (κ2) is 6.37. The molecule has 0 saturated heterocycles. The van der Waals surface area contributed by atoms with Crippen LogP contribution in [0.3, 0.4) is 0 Å². The lowest BCUT2D eigenvalue weighted by atomic mass is 9.89. The minimum absolute atomic E-state index is 0.363. The lowest BCUT2D eigenvalue weighted by Crippen LogP contribution is -2.22. The molecule has 100 valence electrons. The van der Waals surface area contributed by atoms with Crippen molar-refractivity contribution in [3.05, 3.63) is 18.1 Å². The van der Waals surface area contributed by atoms with Crippen LogP contribution >= 0.6 is 11.6 Å². The first-order valence-corrected chi connectivity index (χ1v) is 7.28. The minimum Gasteiger partial charge on any atom is -0.370 e. The van der Waals surface area contributed by atoms with Gasteiger partial charge in [-0.25, -0.2) is 9.97 Å². The Morgan fingerprint density at radius 3 is 2.94 bits per heavy atom. The van der Waals surface area contributed by atoms with Crippen LogP contribution < -0.4 is 5.32 Å². The zero-order valence-corrected chi connectivity index (χ0v) is 12.0. The van der Waals surface area contributed by atoms with Crippen LogP contribution in [0.1, 0.15) is 51.1 Å². The van der Waals surface area contributed by atoms with E-state index < -0.39 is 0 Å². The molecule has 1 heterocycles. The summed E-state index contributed by atoms with van der Waals surface area (Å²) in [5, 5.41) is 3.78. The molecule has 1 aliphatic rings. The Kier molecular flexibility index (Phi) is 4.81. The third-order valence-electron chi connectivity index (χ3n) is 3.57. The number of aromatic nitrogens is 2. The van der Waals surface area contributed by atoms with E-state index in [4.69, 9.17) is 11.6 Å². The smallest absolute Gasteiger partial charge is 0.129 e. The van der Waals surface area contributed by atoms with Crippen LogP contribution in [-0.2, 0) is 0 Å². The van der Waals surface area contributed by atoms with Gasteiger partial charge in [-0.1, -0.05) is 20.3 Å². The van der Waals surface area contributed by atoms with Crippen molar-refractivity contribution in [2.24, 2.45) is 5.92 Å². The average Bonchev–Trinajstić information content (AvgIpc) is 2.37. The highest BCUT2D eigenvalue weighted by molar-refractivity contribution is 6.20. The molecule has 1 fully saturated rings. The molecular weight excluding hydrogens is 246 g/mol. The van der Waals surface area contributed by atoms with Gasteiger partial charge in [-0.3, -0.25) is 0 Å². The van der Waals surface area contributed by atoms with Crippen molar-refractivity contribution < 1.29 is 0 Å². The fourth-order valence-electron chi connectivity index (χ4n) is 2.44. The Morgan fingerprint density at radius 1 is 1.39 bits per heavy atom. The SMILES string of the molecule is CC(C)c1cc(NCC2CCCC(Cl)C2)ncn1. The van der Waals surface area contributed by atoms with Crippen molar-refractivity contribution in [2.75, 3.05) is 11.9 Å². The van der Waals surface area contributed by atoms with Crippen LogP contribution in [0.25, 0.3) is 0 Å². The molecule has 1 N–H and O–H groups in total. The van der Waals surface area contributed by atoms with Gasteiger partial charge < -0.3 is 5.32 Å². The molecular formula is C14H22ClN3. The summed E-state index contributed by atoms with van der Waals surface area (Å²) in [5.41, 5.74) is 1.09. The van der Waals surface area contributed by atoms with Crippen LogP contribution in [0.15, 0.2) is 12.4 Å². The molecule has 1 aromatic rings. The van der Waals surface area contributed by atoms with Gasteiger partial charge in [-0.15, -0.1) is 11.6 Å². The number of anilines is 1. The molecule has 2 atom stereocenters. The van der Waals surface area contributed by atoms with E-state index in [-0.39, 0.29) is 0 Å². The number of alkyl halides is 1. The van der Waals surface area contributed by atoms with Gasteiger partial charge in [0, 0.05) is 23.7 Å². The standard InChI is InChI=1S/C14H22ClN3/c1-10(2)13-7-14(18-9-17-13)16-8-11-4-3-5-12(15)6-11/h7,9-12H,3-6,8H2,1-2H3,(H,16,17,18).